The second kappa shape index (κ2) is 9.41. The van der Waals surface area contributed by atoms with E-state index in [1.807, 2.05) is 60.8 Å². The number of hydrogen-bond acceptors (Lipinski definition) is 6. The zero-order chi connectivity index (χ0) is 21.8. The molecule has 0 saturated carbocycles. The number of amides is 1. The molecule has 1 saturated heterocycles. The van der Waals surface area contributed by atoms with Crippen molar-refractivity contribution in [2.75, 3.05) is 42.9 Å². The van der Waals surface area contributed by atoms with Gasteiger partial charge in [0.2, 0.25) is 5.91 Å². The average molecular weight is 435 g/mol. The topological polar surface area (TPSA) is 65.5 Å². The third kappa shape index (κ3) is 5.37. The molecule has 0 bridgehead atoms. The number of benzene rings is 2. The molecule has 1 amide bonds. The maximum Gasteiger partial charge on any atom is 0.238 e. The van der Waals surface area contributed by atoms with Gasteiger partial charge in [0.05, 0.1) is 17.2 Å². The van der Waals surface area contributed by atoms with E-state index >= 15 is 0 Å². The van der Waals surface area contributed by atoms with Crippen LogP contribution in [-0.2, 0) is 4.79 Å². The molecule has 1 N–H and O–H groups in total. The molecule has 31 heavy (non-hydrogen) atoms. The molecule has 0 radical (unpaired) electrons. The number of thiazole rings is 1. The zero-order valence-corrected chi connectivity index (χ0v) is 18.6. The summed E-state index contributed by atoms with van der Waals surface area (Å²) >= 11 is 1.62. The molecule has 0 atom stereocenters. The first kappa shape index (κ1) is 21.2. The lowest BCUT2D eigenvalue weighted by molar-refractivity contribution is -0.117. The van der Waals surface area contributed by atoms with Crippen LogP contribution in [0.3, 0.4) is 0 Å². The number of piperazine rings is 1. The maximum absolute atomic E-state index is 12.6. The third-order valence-corrected chi connectivity index (χ3v) is 6.21. The van der Waals surface area contributed by atoms with E-state index in [9.17, 15) is 9.59 Å². The monoisotopic (exact) mass is 434 g/mol. The molecule has 1 aliphatic heterocycles. The van der Waals surface area contributed by atoms with Crippen LogP contribution in [0.4, 0.5) is 11.4 Å². The Morgan fingerprint density at radius 2 is 1.81 bits per heavy atom. The van der Waals surface area contributed by atoms with E-state index in [4.69, 9.17) is 0 Å². The van der Waals surface area contributed by atoms with Crippen LogP contribution >= 0.6 is 11.3 Å². The fourth-order valence-electron chi connectivity index (χ4n) is 3.73. The molecule has 6 nitrogen and oxygen atoms in total. The lowest BCUT2D eigenvalue weighted by Gasteiger charge is -2.35. The van der Waals surface area contributed by atoms with Gasteiger partial charge < -0.3 is 10.2 Å². The summed E-state index contributed by atoms with van der Waals surface area (Å²) in [6, 6.07) is 15.6. The minimum atomic E-state index is -0.00845. The van der Waals surface area contributed by atoms with Gasteiger partial charge in [0.25, 0.3) is 0 Å². The van der Waals surface area contributed by atoms with Crippen LogP contribution in [0.2, 0.25) is 0 Å². The molecular weight excluding hydrogens is 408 g/mol. The fourth-order valence-corrected chi connectivity index (χ4v) is 4.35. The molecule has 1 aliphatic rings. The minimum absolute atomic E-state index is 0.00845. The predicted octanol–water partition coefficient (Wildman–Crippen LogP) is 4.08. The molecule has 1 fully saturated rings. The van der Waals surface area contributed by atoms with Gasteiger partial charge in [-0.2, -0.15) is 0 Å². The summed E-state index contributed by atoms with van der Waals surface area (Å²) < 4.78 is 0. The number of carbonyl (C=O) groups excluding carboxylic acids is 2. The second-order valence-electron chi connectivity index (χ2n) is 7.75. The van der Waals surface area contributed by atoms with Crippen LogP contribution in [-0.4, -0.2) is 54.3 Å². The van der Waals surface area contributed by atoms with Gasteiger partial charge in [-0.05, 0) is 50.2 Å². The molecule has 1 aromatic heterocycles. The van der Waals surface area contributed by atoms with E-state index < -0.39 is 0 Å². The van der Waals surface area contributed by atoms with Gasteiger partial charge in [0.15, 0.2) is 5.78 Å². The van der Waals surface area contributed by atoms with E-state index in [0.717, 1.165) is 59.4 Å². The Morgan fingerprint density at radius 3 is 2.45 bits per heavy atom. The summed E-state index contributed by atoms with van der Waals surface area (Å²) in [5.41, 5.74) is 4.58. The van der Waals surface area contributed by atoms with Crippen molar-refractivity contribution in [3.8, 4) is 11.3 Å². The zero-order valence-electron chi connectivity index (χ0n) is 17.8. The fraction of sp³-hybridized carbons (Fsp3) is 0.292. The lowest BCUT2D eigenvalue weighted by atomic mass is 10.1. The molecule has 2 heterocycles. The molecule has 3 aromatic rings. The van der Waals surface area contributed by atoms with E-state index in [1.165, 1.54) is 0 Å². The van der Waals surface area contributed by atoms with Crippen LogP contribution in [0, 0.1) is 6.92 Å². The maximum atomic E-state index is 12.6. The number of nitrogens with one attached hydrogen (secondary N) is 1. The smallest absolute Gasteiger partial charge is 0.238 e. The van der Waals surface area contributed by atoms with Gasteiger partial charge in [-0.15, -0.1) is 11.3 Å². The average Bonchev–Trinajstić information content (AvgIpc) is 3.21. The van der Waals surface area contributed by atoms with Crippen molar-refractivity contribution < 1.29 is 9.59 Å². The highest BCUT2D eigenvalue weighted by atomic mass is 32.1. The highest BCUT2D eigenvalue weighted by Crippen LogP contribution is 2.24. The summed E-state index contributed by atoms with van der Waals surface area (Å²) in [6.45, 7) is 7.28. The largest absolute Gasteiger partial charge is 0.369 e. The summed E-state index contributed by atoms with van der Waals surface area (Å²) in [4.78, 5) is 33.0. The van der Waals surface area contributed by atoms with E-state index in [2.05, 4.69) is 20.1 Å². The van der Waals surface area contributed by atoms with Gasteiger partial charge in [-0.3, -0.25) is 14.5 Å². The van der Waals surface area contributed by atoms with Crippen molar-refractivity contribution in [3.05, 3.63) is 64.5 Å². The summed E-state index contributed by atoms with van der Waals surface area (Å²) in [6.07, 6.45) is 0. The van der Waals surface area contributed by atoms with Gasteiger partial charge in [0, 0.05) is 54.1 Å². The Morgan fingerprint density at radius 1 is 1.06 bits per heavy atom. The van der Waals surface area contributed by atoms with Crippen molar-refractivity contribution in [1.82, 2.24) is 9.88 Å². The van der Waals surface area contributed by atoms with E-state index in [-0.39, 0.29) is 11.7 Å². The third-order valence-electron chi connectivity index (χ3n) is 5.44. The first-order chi connectivity index (χ1) is 15.0. The Hall–Kier alpha value is -3.03. The second-order valence-corrected chi connectivity index (χ2v) is 8.81. The van der Waals surface area contributed by atoms with Gasteiger partial charge in [-0.1, -0.05) is 12.1 Å². The number of Topliss-reactive ketones (excluding diaryl/α,β-unsaturated/α-hetero) is 1. The Kier molecular flexibility index (Phi) is 6.44. The molecule has 7 heteroatoms. The number of anilines is 2. The molecular formula is C24H26N4O2S. The number of carbonyl (C=O) groups is 2. The SMILES string of the molecule is CC(=O)c1ccc(N2CCN(CC(=O)Nc3cccc(-c4csc(C)n4)c3)CC2)cc1. The highest BCUT2D eigenvalue weighted by Gasteiger charge is 2.19. The van der Waals surface area contributed by atoms with Crippen molar-refractivity contribution in [2.24, 2.45) is 0 Å². The number of nitrogens with zero attached hydrogens (tertiary/aromatic N) is 3. The standard InChI is InChI=1S/C24H26N4O2S/c1-17(29)19-6-8-22(9-7-19)28-12-10-27(11-13-28)15-24(30)26-21-5-3-4-20(14-21)23-16-31-18(2)25-23/h3-9,14,16H,10-13,15H2,1-2H3,(H,26,30). The summed E-state index contributed by atoms with van der Waals surface area (Å²) in [7, 11) is 0. The van der Waals surface area contributed by atoms with Crippen molar-refractivity contribution in [2.45, 2.75) is 13.8 Å². The van der Waals surface area contributed by atoms with Crippen LogP contribution in [0.1, 0.15) is 22.3 Å². The first-order valence-corrected chi connectivity index (χ1v) is 11.3. The summed E-state index contributed by atoms with van der Waals surface area (Å²) in [5.74, 6) is 0.0699. The van der Waals surface area contributed by atoms with Crippen LogP contribution in [0.15, 0.2) is 53.9 Å². The Balaban J connectivity index is 1.29. The van der Waals surface area contributed by atoms with Crippen molar-refractivity contribution in [3.63, 3.8) is 0 Å². The molecule has 0 aliphatic carbocycles. The molecule has 0 unspecified atom stereocenters. The van der Waals surface area contributed by atoms with Gasteiger partial charge in [-0.25, -0.2) is 4.98 Å². The number of aryl methyl sites for hydroxylation is 1. The lowest BCUT2D eigenvalue weighted by Crippen LogP contribution is -2.48. The number of hydrogen-bond donors (Lipinski definition) is 1. The first-order valence-electron chi connectivity index (χ1n) is 10.4. The summed E-state index contributed by atoms with van der Waals surface area (Å²) in [5, 5.41) is 6.07. The normalized spacial score (nSPS) is 14.5. The molecule has 4 rings (SSSR count). The minimum Gasteiger partial charge on any atom is -0.369 e. The Bertz CT molecular complexity index is 1070. The van der Waals surface area contributed by atoms with Crippen LogP contribution < -0.4 is 10.2 Å². The van der Waals surface area contributed by atoms with Crippen LogP contribution in [0.25, 0.3) is 11.3 Å². The van der Waals surface area contributed by atoms with E-state index in [0.29, 0.717) is 6.54 Å². The van der Waals surface area contributed by atoms with Crippen molar-refractivity contribution >= 4 is 34.4 Å². The Labute approximate surface area is 186 Å². The van der Waals surface area contributed by atoms with Gasteiger partial charge in [0.1, 0.15) is 0 Å². The molecule has 0 spiro atoms. The quantitative estimate of drug-likeness (QED) is 0.592. The molecule has 160 valence electrons. The van der Waals surface area contributed by atoms with E-state index in [1.54, 1.807) is 18.3 Å². The van der Waals surface area contributed by atoms with Gasteiger partial charge >= 0.3 is 0 Å². The van der Waals surface area contributed by atoms with Crippen molar-refractivity contribution in [1.29, 1.82) is 0 Å². The number of aromatic nitrogens is 1. The highest BCUT2D eigenvalue weighted by molar-refractivity contribution is 7.09. The number of ketones is 1. The predicted molar refractivity (Wildman–Crippen MR) is 126 cm³/mol. The number of rotatable bonds is 6. The van der Waals surface area contributed by atoms with Crippen LogP contribution in [0.5, 0.6) is 0 Å². The molecule has 2 aromatic carbocycles.